The van der Waals surface area contributed by atoms with Crippen molar-refractivity contribution in [3.8, 4) is 0 Å². The zero-order chi connectivity index (χ0) is 12.1. The van der Waals surface area contributed by atoms with Gasteiger partial charge < -0.3 is 15.3 Å². The molecule has 1 saturated heterocycles. The molecule has 2 aliphatic rings. The van der Waals surface area contributed by atoms with Crippen LogP contribution in [0.15, 0.2) is 0 Å². The van der Waals surface area contributed by atoms with Crippen LogP contribution in [0.3, 0.4) is 0 Å². The number of hydrogen-bond donors (Lipinski definition) is 2. The van der Waals surface area contributed by atoms with Crippen LogP contribution in [0.1, 0.15) is 12.8 Å². The van der Waals surface area contributed by atoms with E-state index in [0.717, 1.165) is 45.2 Å². The van der Waals surface area contributed by atoms with E-state index >= 15 is 0 Å². The highest BCUT2D eigenvalue weighted by Gasteiger charge is 2.23. The molecule has 2 rings (SSSR count). The minimum Gasteiger partial charge on any atom is -0.395 e. The fourth-order valence-electron chi connectivity index (χ4n) is 2.18. The summed E-state index contributed by atoms with van der Waals surface area (Å²) < 4.78 is 0. The van der Waals surface area contributed by atoms with Gasteiger partial charge in [0.25, 0.3) is 0 Å². The Morgan fingerprint density at radius 3 is 2.44 bits per heavy atom. The standard InChI is InChI=1S/C12H23N3O2.ClH/c16-8-7-14-3-5-15(6-4-14)12(17)10-13-9-11-1-2-11;/h11,13,16H,1-10H2;1H. The molecule has 1 amide bonds. The van der Waals surface area contributed by atoms with Crippen molar-refractivity contribution >= 4 is 18.3 Å². The summed E-state index contributed by atoms with van der Waals surface area (Å²) in [6, 6.07) is 0. The van der Waals surface area contributed by atoms with Gasteiger partial charge in [-0.25, -0.2) is 0 Å². The lowest BCUT2D eigenvalue weighted by atomic mass is 10.3. The molecule has 2 fully saturated rings. The molecule has 18 heavy (non-hydrogen) atoms. The van der Waals surface area contributed by atoms with E-state index in [-0.39, 0.29) is 24.9 Å². The van der Waals surface area contributed by atoms with Gasteiger partial charge in [0.05, 0.1) is 13.2 Å². The number of nitrogens with zero attached hydrogens (tertiary/aromatic N) is 2. The van der Waals surface area contributed by atoms with Gasteiger partial charge in [0, 0.05) is 32.7 Å². The Balaban J connectivity index is 0.00000162. The number of carbonyl (C=O) groups is 1. The third-order valence-corrected chi connectivity index (χ3v) is 3.55. The highest BCUT2D eigenvalue weighted by molar-refractivity contribution is 5.85. The molecule has 106 valence electrons. The number of hydrogen-bond acceptors (Lipinski definition) is 4. The molecule has 2 N–H and O–H groups in total. The first-order valence-electron chi connectivity index (χ1n) is 6.61. The van der Waals surface area contributed by atoms with E-state index in [9.17, 15) is 4.79 Å². The normalized spacial score (nSPS) is 20.6. The fraction of sp³-hybridized carbons (Fsp3) is 0.917. The van der Waals surface area contributed by atoms with Crippen LogP contribution in [0.25, 0.3) is 0 Å². The van der Waals surface area contributed by atoms with Crippen molar-refractivity contribution in [2.75, 3.05) is 52.4 Å². The molecule has 0 unspecified atom stereocenters. The Kier molecular flexibility index (Phi) is 6.92. The lowest BCUT2D eigenvalue weighted by Gasteiger charge is -2.34. The number of β-amino-alcohol motifs (C(OH)–C–C–N with tert-alkyl or cyclic N) is 1. The third-order valence-electron chi connectivity index (χ3n) is 3.55. The SMILES string of the molecule is Cl.O=C(CNCC1CC1)N1CCN(CCO)CC1. The molecule has 1 saturated carbocycles. The first-order chi connectivity index (χ1) is 8.29. The lowest BCUT2D eigenvalue weighted by molar-refractivity contribution is -0.132. The van der Waals surface area contributed by atoms with E-state index in [0.29, 0.717) is 6.54 Å². The number of nitrogens with one attached hydrogen (secondary N) is 1. The van der Waals surface area contributed by atoms with E-state index in [1.165, 1.54) is 12.8 Å². The fourth-order valence-corrected chi connectivity index (χ4v) is 2.18. The predicted octanol–water partition coefficient (Wildman–Crippen LogP) is -0.456. The maximum atomic E-state index is 11.9. The van der Waals surface area contributed by atoms with Crippen LogP contribution in [-0.2, 0) is 4.79 Å². The second-order valence-electron chi connectivity index (χ2n) is 5.02. The smallest absolute Gasteiger partial charge is 0.236 e. The maximum Gasteiger partial charge on any atom is 0.236 e. The van der Waals surface area contributed by atoms with Gasteiger partial charge in [-0.3, -0.25) is 9.69 Å². The van der Waals surface area contributed by atoms with Gasteiger partial charge in [0.2, 0.25) is 5.91 Å². The largest absolute Gasteiger partial charge is 0.395 e. The number of aliphatic hydroxyl groups is 1. The van der Waals surface area contributed by atoms with Crippen LogP contribution in [0.5, 0.6) is 0 Å². The van der Waals surface area contributed by atoms with Crippen LogP contribution < -0.4 is 5.32 Å². The Hall–Kier alpha value is -0.360. The number of carbonyl (C=O) groups excluding carboxylic acids is 1. The summed E-state index contributed by atoms with van der Waals surface area (Å²) >= 11 is 0. The molecule has 0 radical (unpaired) electrons. The molecule has 0 spiro atoms. The Morgan fingerprint density at radius 2 is 1.89 bits per heavy atom. The third kappa shape index (κ3) is 5.10. The quantitative estimate of drug-likeness (QED) is 0.690. The van der Waals surface area contributed by atoms with E-state index in [2.05, 4.69) is 10.2 Å². The summed E-state index contributed by atoms with van der Waals surface area (Å²) in [6.07, 6.45) is 2.64. The molecule has 0 aromatic heterocycles. The van der Waals surface area contributed by atoms with Gasteiger partial charge in [-0.05, 0) is 25.3 Å². The number of amides is 1. The van der Waals surface area contributed by atoms with E-state index in [4.69, 9.17) is 5.11 Å². The molecule has 6 heteroatoms. The average Bonchev–Trinajstić information content (AvgIpc) is 3.14. The van der Waals surface area contributed by atoms with E-state index < -0.39 is 0 Å². The van der Waals surface area contributed by atoms with Gasteiger partial charge in [-0.2, -0.15) is 0 Å². The number of halogens is 1. The van der Waals surface area contributed by atoms with Crippen LogP contribution >= 0.6 is 12.4 Å². The number of aliphatic hydroxyl groups excluding tert-OH is 1. The van der Waals surface area contributed by atoms with Crippen LogP contribution in [0.4, 0.5) is 0 Å². The molecule has 0 aromatic rings. The summed E-state index contributed by atoms with van der Waals surface area (Å²) in [4.78, 5) is 16.0. The molecule has 1 aliphatic heterocycles. The zero-order valence-corrected chi connectivity index (χ0v) is 11.6. The van der Waals surface area contributed by atoms with Crippen molar-refractivity contribution in [3.05, 3.63) is 0 Å². The molecule has 0 bridgehead atoms. The minimum atomic E-state index is 0. The van der Waals surface area contributed by atoms with Gasteiger partial charge >= 0.3 is 0 Å². The zero-order valence-electron chi connectivity index (χ0n) is 10.8. The maximum absolute atomic E-state index is 11.9. The predicted molar refractivity (Wildman–Crippen MR) is 72.9 cm³/mol. The van der Waals surface area contributed by atoms with Crippen molar-refractivity contribution in [1.29, 1.82) is 0 Å². The number of rotatable bonds is 6. The summed E-state index contributed by atoms with van der Waals surface area (Å²) in [6.45, 7) is 5.77. The highest BCUT2D eigenvalue weighted by Crippen LogP contribution is 2.27. The van der Waals surface area contributed by atoms with Crippen LogP contribution in [-0.4, -0.2) is 73.2 Å². The van der Waals surface area contributed by atoms with E-state index in [1.807, 2.05) is 4.90 Å². The molecular weight excluding hydrogens is 254 g/mol. The second-order valence-corrected chi connectivity index (χ2v) is 5.02. The summed E-state index contributed by atoms with van der Waals surface area (Å²) in [5.41, 5.74) is 0. The topological polar surface area (TPSA) is 55.8 Å². The second kappa shape index (κ2) is 7.94. The van der Waals surface area contributed by atoms with Gasteiger partial charge in [0.1, 0.15) is 0 Å². The highest BCUT2D eigenvalue weighted by atomic mass is 35.5. The van der Waals surface area contributed by atoms with Crippen LogP contribution in [0.2, 0.25) is 0 Å². The average molecular weight is 278 g/mol. The summed E-state index contributed by atoms with van der Waals surface area (Å²) in [5, 5.41) is 12.1. The van der Waals surface area contributed by atoms with Gasteiger partial charge in [0.15, 0.2) is 0 Å². The van der Waals surface area contributed by atoms with Crippen molar-refractivity contribution in [2.45, 2.75) is 12.8 Å². The molecule has 5 nitrogen and oxygen atoms in total. The summed E-state index contributed by atoms with van der Waals surface area (Å²) in [7, 11) is 0. The first kappa shape index (κ1) is 15.7. The van der Waals surface area contributed by atoms with E-state index in [1.54, 1.807) is 0 Å². The molecular formula is C12H24ClN3O2. The van der Waals surface area contributed by atoms with Crippen molar-refractivity contribution < 1.29 is 9.90 Å². The first-order valence-corrected chi connectivity index (χ1v) is 6.61. The Morgan fingerprint density at radius 1 is 1.22 bits per heavy atom. The lowest BCUT2D eigenvalue weighted by Crippen LogP contribution is -2.51. The number of piperazine rings is 1. The summed E-state index contributed by atoms with van der Waals surface area (Å²) in [5.74, 6) is 1.04. The van der Waals surface area contributed by atoms with Crippen LogP contribution in [0, 0.1) is 5.92 Å². The van der Waals surface area contributed by atoms with Crippen molar-refractivity contribution in [2.24, 2.45) is 5.92 Å². The monoisotopic (exact) mass is 277 g/mol. The van der Waals surface area contributed by atoms with Gasteiger partial charge in [-0.15, -0.1) is 12.4 Å². The Bertz CT molecular complexity index is 254. The molecule has 0 aromatic carbocycles. The Labute approximate surface area is 115 Å². The minimum absolute atomic E-state index is 0. The molecule has 1 aliphatic carbocycles. The van der Waals surface area contributed by atoms with Gasteiger partial charge in [-0.1, -0.05) is 0 Å². The molecule has 0 atom stereocenters. The molecule has 1 heterocycles. The van der Waals surface area contributed by atoms with Crippen molar-refractivity contribution in [3.63, 3.8) is 0 Å². The van der Waals surface area contributed by atoms with Crippen molar-refractivity contribution in [1.82, 2.24) is 15.1 Å².